The van der Waals surface area contributed by atoms with Crippen molar-refractivity contribution in [3.05, 3.63) is 70.9 Å². The highest BCUT2D eigenvalue weighted by Gasteiger charge is 2.24. The minimum absolute atomic E-state index is 0.0748. The summed E-state index contributed by atoms with van der Waals surface area (Å²) in [5, 5.41) is 0. The van der Waals surface area contributed by atoms with E-state index in [2.05, 4.69) is 25.8 Å². The quantitative estimate of drug-likeness (QED) is 0.592. The molecule has 0 atom stereocenters. The lowest BCUT2D eigenvalue weighted by molar-refractivity contribution is -0.129. The highest BCUT2D eigenvalue weighted by molar-refractivity contribution is 6.12. The lowest BCUT2D eigenvalue weighted by Gasteiger charge is -2.18. The van der Waals surface area contributed by atoms with Gasteiger partial charge in [-0.1, -0.05) is 45.0 Å². The van der Waals surface area contributed by atoms with E-state index in [1.54, 1.807) is 6.08 Å². The molecule has 3 rings (SSSR count). The van der Waals surface area contributed by atoms with Gasteiger partial charge in [0.05, 0.1) is 6.61 Å². The van der Waals surface area contributed by atoms with Crippen molar-refractivity contribution in [3.63, 3.8) is 0 Å². The Balaban J connectivity index is 1.82. The van der Waals surface area contributed by atoms with Crippen molar-refractivity contribution in [3.8, 4) is 5.75 Å². The Morgan fingerprint density at radius 1 is 1.04 bits per heavy atom. The van der Waals surface area contributed by atoms with Crippen molar-refractivity contribution in [1.82, 2.24) is 0 Å². The third kappa shape index (κ3) is 4.02. The first-order valence-corrected chi connectivity index (χ1v) is 8.73. The van der Waals surface area contributed by atoms with Gasteiger partial charge in [0.25, 0.3) is 0 Å². The number of benzene rings is 2. The predicted octanol–water partition coefficient (Wildman–Crippen LogP) is 4.73. The Hall–Kier alpha value is -2.88. The number of hydrogen-bond acceptors (Lipinski definition) is 4. The van der Waals surface area contributed by atoms with Crippen molar-refractivity contribution in [2.45, 2.75) is 33.1 Å². The predicted molar refractivity (Wildman–Crippen MR) is 103 cm³/mol. The number of esters is 1. The molecule has 26 heavy (non-hydrogen) atoms. The van der Waals surface area contributed by atoms with E-state index >= 15 is 0 Å². The van der Waals surface area contributed by atoms with Crippen molar-refractivity contribution in [2.24, 2.45) is 4.99 Å². The van der Waals surface area contributed by atoms with E-state index in [9.17, 15) is 4.79 Å². The van der Waals surface area contributed by atoms with Gasteiger partial charge in [-0.2, -0.15) is 0 Å². The smallest absolute Gasteiger partial charge is 0.363 e. The number of cyclic esters (lactones) is 1. The number of aliphatic imine (C=N–C) groups is 1. The van der Waals surface area contributed by atoms with Crippen LogP contribution in [0.3, 0.4) is 0 Å². The van der Waals surface area contributed by atoms with E-state index in [1.165, 1.54) is 5.56 Å². The Bertz CT molecular complexity index is 854. The summed E-state index contributed by atoms with van der Waals surface area (Å²) < 4.78 is 10.8. The van der Waals surface area contributed by atoms with Crippen LogP contribution in [-0.4, -0.2) is 18.5 Å². The average molecular weight is 349 g/mol. The summed E-state index contributed by atoms with van der Waals surface area (Å²) in [7, 11) is 0. The van der Waals surface area contributed by atoms with E-state index < -0.39 is 5.97 Å². The maximum absolute atomic E-state index is 12.1. The highest BCUT2D eigenvalue weighted by atomic mass is 16.6. The molecular weight excluding hydrogens is 326 g/mol. The van der Waals surface area contributed by atoms with E-state index in [1.807, 2.05) is 55.5 Å². The normalized spacial score (nSPS) is 15.8. The van der Waals surface area contributed by atoms with Crippen LogP contribution in [-0.2, 0) is 14.9 Å². The molecule has 1 aliphatic heterocycles. The third-order valence-corrected chi connectivity index (χ3v) is 4.11. The molecule has 0 fully saturated rings. The molecule has 0 N–H and O–H groups in total. The minimum atomic E-state index is -0.436. The molecule has 2 aromatic carbocycles. The topological polar surface area (TPSA) is 47.9 Å². The highest BCUT2D eigenvalue weighted by Crippen LogP contribution is 2.24. The molecule has 134 valence electrons. The summed E-state index contributed by atoms with van der Waals surface area (Å²) in [5.74, 6) is 0.702. The van der Waals surface area contributed by atoms with E-state index in [4.69, 9.17) is 9.47 Å². The first kappa shape index (κ1) is 17.9. The molecule has 0 amide bonds. The van der Waals surface area contributed by atoms with Crippen LogP contribution >= 0.6 is 0 Å². The van der Waals surface area contributed by atoms with Gasteiger partial charge in [-0.15, -0.1) is 0 Å². The Kier molecular flexibility index (Phi) is 4.94. The summed E-state index contributed by atoms with van der Waals surface area (Å²) in [6.07, 6.45) is 1.72. The van der Waals surface area contributed by atoms with Crippen LogP contribution in [0.4, 0.5) is 0 Å². The molecule has 0 unspecified atom stereocenters. The first-order valence-electron chi connectivity index (χ1n) is 8.73. The average Bonchev–Trinajstić information content (AvgIpc) is 2.97. The zero-order chi connectivity index (χ0) is 18.7. The Morgan fingerprint density at radius 2 is 1.69 bits per heavy atom. The number of nitrogens with zero attached hydrogens (tertiary/aromatic N) is 1. The lowest BCUT2D eigenvalue weighted by atomic mass is 9.87. The summed E-state index contributed by atoms with van der Waals surface area (Å²) in [4.78, 5) is 16.5. The number of rotatable bonds is 4. The Labute approximate surface area is 154 Å². The third-order valence-electron chi connectivity index (χ3n) is 4.11. The van der Waals surface area contributed by atoms with Gasteiger partial charge in [0.2, 0.25) is 5.90 Å². The molecule has 4 nitrogen and oxygen atoms in total. The molecule has 0 aliphatic carbocycles. The van der Waals surface area contributed by atoms with Crippen LogP contribution in [0.1, 0.15) is 44.4 Å². The van der Waals surface area contributed by atoms with Gasteiger partial charge < -0.3 is 9.47 Å². The van der Waals surface area contributed by atoms with Crippen LogP contribution < -0.4 is 4.74 Å². The molecule has 1 heterocycles. The SMILES string of the molecule is CCOc1ccc(/C=C2/N=C(c3ccc(C(C)(C)C)cc3)OC2=O)cc1. The van der Waals surface area contributed by atoms with Gasteiger partial charge in [0, 0.05) is 5.56 Å². The van der Waals surface area contributed by atoms with Crippen molar-refractivity contribution >= 4 is 17.9 Å². The zero-order valence-electron chi connectivity index (χ0n) is 15.6. The van der Waals surface area contributed by atoms with Gasteiger partial charge in [-0.3, -0.25) is 0 Å². The van der Waals surface area contributed by atoms with E-state index in [-0.39, 0.29) is 5.41 Å². The maximum atomic E-state index is 12.1. The minimum Gasteiger partial charge on any atom is -0.494 e. The van der Waals surface area contributed by atoms with Gasteiger partial charge in [0.15, 0.2) is 5.70 Å². The molecule has 2 aromatic rings. The van der Waals surface area contributed by atoms with Gasteiger partial charge in [0.1, 0.15) is 5.75 Å². The van der Waals surface area contributed by atoms with Crippen molar-refractivity contribution in [1.29, 1.82) is 0 Å². The fourth-order valence-corrected chi connectivity index (χ4v) is 2.63. The van der Waals surface area contributed by atoms with Crippen LogP contribution in [0, 0.1) is 0 Å². The summed E-state index contributed by atoms with van der Waals surface area (Å²) >= 11 is 0. The standard InChI is InChI=1S/C22H23NO3/c1-5-25-18-12-6-15(7-13-18)14-19-21(24)26-20(23-19)16-8-10-17(11-9-16)22(2,3)4/h6-14H,5H2,1-4H3/b19-14+. The van der Waals surface area contributed by atoms with E-state index in [0.717, 1.165) is 16.9 Å². The number of hydrogen-bond donors (Lipinski definition) is 0. The number of carbonyl (C=O) groups excluding carboxylic acids is 1. The largest absolute Gasteiger partial charge is 0.494 e. The second-order valence-corrected chi connectivity index (χ2v) is 7.17. The molecule has 0 radical (unpaired) electrons. The number of ether oxygens (including phenoxy) is 2. The summed E-state index contributed by atoms with van der Waals surface area (Å²) in [6, 6.07) is 15.5. The van der Waals surface area contributed by atoms with Crippen molar-refractivity contribution < 1.29 is 14.3 Å². The van der Waals surface area contributed by atoms with Crippen molar-refractivity contribution in [2.75, 3.05) is 6.61 Å². The molecule has 1 aliphatic rings. The van der Waals surface area contributed by atoms with Crippen LogP contribution in [0.15, 0.2) is 59.2 Å². The summed E-state index contributed by atoms with van der Waals surface area (Å²) in [5.41, 5.74) is 3.25. The second-order valence-electron chi connectivity index (χ2n) is 7.17. The molecule has 0 aromatic heterocycles. The first-order chi connectivity index (χ1) is 12.4. The monoisotopic (exact) mass is 349 g/mol. The van der Waals surface area contributed by atoms with Crippen LogP contribution in [0.5, 0.6) is 5.75 Å². The molecule has 0 spiro atoms. The van der Waals surface area contributed by atoms with Crippen LogP contribution in [0.2, 0.25) is 0 Å². The number of carbonyl (C=O) groups is 1. The molecule has 0 bridgehead atoms. The fourth-order valence-electron chi connectivity index (χ4n) is 2.63. The van der Waals surface area contributed by atoms with Crippen LogP contribution in [0.25, 0.3) is 6.08 Å². The lowest BCUT2D eigenvalue weighted by Crippen LogP contribution is -2.11. The summed E-state index contributed by atoms with van der Waals surface area (Å²) in [6.45, 7) is 9.04. The van der Waals surface area contributed by atoms with Gasteiger partial charge in [-0.05, 0) is 53.8 Å². The molecule has 0 saturated carbocycles. The van der Waals surface area contributed by atoms with E-state index in [0.29, 0.717) is 18.2 Å². The fraction of sp³-hybridized carbons (Fsp3) is 0.273. The molecular formula is C22H23NO3. The van der Waals surface area contributed by atoms with Gasteiger partial charge >= 0.3 is 5.97 Å². The van der Waals surface area contributed by atoms with Gasteiger partial charge in [-0.25, -0.2) is 9.79 Å². The Morgan fingerprint density at radius 3 is 2.27 bits per heavy atom. The zero-order valence-corrected chi connectivity index (χ0v) is 15.6. The second kappa shape index (κ2) is 7.16. The molecule has 4 heteroatoms. The maximum Gasteiger partial charge on any atom is 0.363 e. The molecule has 0 saturated heterocycles.